The Labute approximate surface area is 133 Å². The maximum atomic E-state index is 6.30. The van der Waals surface area contributed by atoms with Gasteiger partial charge in [0.2, 0.25) is 0 Å². The molecule has 21 heavy (non-hydrogen) atoms. The maximum Gasteiger partial charge on any atom is 0.137 e. The van der Waals surface area contributed by atoms with Crippen LogP contribution in [0.4, 0.5) is 5.82 Å². The summed E-state index contributed by atoms with van der Waals surface area (Å²) >= 11 is 6.30. The lowest BCUT2D eigenvalue weighted by molar-refractivity contribution is 0.232. The molecule has 0 saturated carbocycles. The Bertz CT molecular complexity index is 474. The molecule has 1 aliphatic heterocycles. The molecule has 5 heteroatoms. The Morgan fingerprint density at radius 1 is 1.24 bits per heavy atom. The number of nitrogens with zero attached hydrogens (tertiary/aromatic N) is 4. The van der Waals surface area contributed by atoms with Crippen molar-refractivity contribution in [1.82, 2.24) is 14.9 Å². The fraction of sp³-hybridized carbons (Fsp3) is 0.750. The van der Waals surface area contributed by atoms with Crippen molar-refractivity contribution in [3.8, 4) is 0 Å². The first-order valence-corrected chi connectivity index (χ1v) is 8.50. The zero-order chi connectivity index (χ0) is 15.4. The summed E-state index contributed by atoms with van der Waals surface area (Å²) in [5, 5.41) is 0.606. The average Bonchev–Trinajstić information content (AvgIpc) is 2.94. The van der Waals surface area contributed by atoms with Crippen LogP contribution in [-0.2, 0) is 6.42 Å². The van der Waals surface area contributed by atoms with Crippen LogP contribution in [-0.4, -0.2) is 47.1 Å². The molecule has 0 N–H and O–H groups in total. The van der Waals surface area contributed by atoms with Crippen molar-refractivity contribution in [2.24, 2.45) is 0 Å². The van der Waals surface area contributed by atoms with Gasteiger partial charge < -0.3 is 4.90 Å². The summed E-state index contributed by atoms with van der Waals surface area (Å²) in [6.45, 7) is 13.0. The highest BCUT2D eigenvalue weighted by molar-refractivity contribution is 6.30. The number of aryl methyl sites for hydroxylation is 1. The monoisotopic (exact) mass is 310 g/mol. The molecule has 4 nitrogen and oxygen atoms in total. The van der Waals surface area contributed by atoms with E-state index in [9.17, 15) is 0 Å². The van der Waals surface area contributed by atoms with Crippen LogP contribution < -0.4 is 4.90 Å². The molecule has 2 heterocycles. The van der Waals surface area contributed by atoms with Crippen LogP contribution in [0.15, 0.2) is 0 Å². The minimum absolute atomic E-state index is 0.606. The van der Waals surface area contributed by atoms with Crippen LogP contribution in [0, 0.1) is 6.92 Å². The number of hydrogen-bond acceptors (Lipinski definition) is 4. The minimum atomic E-state index is 0.606. The average molecular weight is 311 g/mol. The molecule has 0 bridgehead atoms. The van der Waals surface area contributed by atoms with E-state index in [0.717, 1.165) is 56.2 Å². The van der Waals surface area contributed by atoms with E-state index in [1.165, 1.54) is 6.42 Å². The predicted molar refractivity (Wildman–Crippen MR) is 89.3 cm³/mol. The van der Waals surface area contributed by atoms with Crippen molar-refractivity contribution in [1.29, 1.82) is 0 Å². The van der Waals surface area contributed by atoms with Gasteiger partial charge in [-0.1, -0.05) is 32.4 Å². The lowest BCUT2D eigenvalue weighted by Crippen LogP contribution is -2.37. The largest absolute Gasteiger partial charge is 0.355 e. The fourth-order valence-corrected chi connectivity index (χ4v) is 3.32. The van der Waals surface area contributed by atoms with Gasteiger partial charge in [0.25, 0.3) is 0 Å². The van der Waals surface area contributed by atoms with Crippen LogP contribution in [0.3, 0.4) is 0 Å². The second kappa shape index (κ2) is 7.41. The Morgan fingerprint density at radius 2 is 1.95 bits per heavy atom. The van der Waals surface area contributed by atoms with Gasteiger partial charge in [-0.15, -0.1) is 0 Å². The van der Waals surface area contributed by atoms with Crippen LogP contribution in [0.5, 0.6) is 0 Å². The number of hydrogen-bond donors (Lipinski definition) is 0. The SMILES string of the molecule is CCCc1nc(Cl)c(C)c(N2CCC(N(CC)CC)C2)n1. The van der Waals surface area contributed by atoms with Gasteiger partial charge in [-0.05, 0) is 32.9 Å². The summed E-state index contributed by atoms with van der Waals surface area (Å²) in [5.41, 5.74) is 1.01. The number of anilines is 1. The van der Waals surface area contributed by atoms with E-state index in [4.69, 9.17) is 16.6 Å². The predicted octanol–water partition coefficient (Wildman–Crippen LogP) is 3.31. The van der Waals surface area contributed by atoms with Crippen molar-refractivity contribution < 1.29 is 0 Å². The molecule has 1 unspecified atom stereocenters. The molecule has 2 rings (SSSR count). The summed E-state index contributed by atoms with van der Waals surface area (Å²) < 4.78 is 0. The fourth-order valence-electron chi connectivity index (χ4n) is 3.14. The highest BCUT2D eigenvalue weighted by atomic mass is 35.5. The van der Waals surface area contributed by atoms with Crippen molar-refractivity contribution in [3.05, 3.63) is 16.5 Å². The molecule has 1 aliphatic rings. The van der Waals surface area contributed by atoms with E-state index in [1.807, 2.05) is 6.92 Å². The second-order valence-corrected chi connectivity index (χ2v) is 6.10. The van der Waals surface area contributed by atoms with E-state index in [2.05, 4.69) is 35.6 Å². The molecule has 0 aromatic carbocycles. The number of halogens is 1. The van der Waals surface area contributed by atoms with Crippen LogP contribution in [0.2, 0.25) is 5.15 Å². The molecule has 1 atom stereocenters. The molecular formula is C16H27ClN4. The highest BCUT2D eigenvalue weighted by Crippen LogP contribution is 2.28. The van der Waals surface area contributed by atoms with Gasteiger partial charge in [0.15, 0.2) is 0 Å². The normalized spacial score (nSPS) is 18.8. The summed E-state index contributed by atoms with van der Waals surface area (Å²) in [4.78, 5) is 14.1. The Kier molecular flexibility index (Phi) is 5.82. The van der Waals surface area contributed by atoms with Crippen LogP contribution in [0.1, 0.15) is 45.0 Å². The van der Waals surface area contributed by atoms with Gasteiger partial charge in [0.05, 0.1) is 0 Å². The molecule has 118 valence electrons. The number of aromatic nitrogens is 2. The first-order valence-electron chi connectivity index (χ1n) is 8.12. The maximum absolute atomic E-state index is 6.30. The molecule has 0 aliphatic carbocycles. The van der Waals surface area contributed by atoms with E-state index in [-0.39, 0.29) is 0 Å². The number of rotatable bonds is 6. The Hall–Kier alpha value is -0.870. The summed E-state index contributed by atoms with van der Waals surface area (Å²) in [5.74, 6) is 1.91. The third-order valence-electron chi connectivity index (χ3n) is 4.37. The van der Waals surface area contributed by atoms with Crippen molar-refractivity contribution >= 4 is 17.4 Å². The standard InChI is InChI=1S/C16H27ClN4/c1-5-8-14-18-15(17)12(4)16(19-14)21-10-9-13(11-21)20(6-2)7-3/h13H,5-11H2,1-4H3. The quantitative estimate of drug-likeness (QED) is 0.755. The second-order valence-electron chi connectivity index (χ2n) is 5.74. The van der Waals surface area contributed by atoms with Crippen LogP contribution in [0.25, 0.3) is 0 Å². The summed E-state index contributed by atoms with van der Waals surface area (Å²) in [6.07, 6.45) is 3.13. The van der Waals surface area contributed by atoms with Crippen molar-refractivity contribution in [2.75, 3.05) is 31.1 Å². The van der Waals surface area contributed by atoms with E-state index in [0.29, 0.717) is 11.2 Å². The Morgan fingerprint density at radius 3 is 2.57 bits per heavy atom. The zero-order valence-electron chi connectivity index (χ0n) is 13.7. The summed E-state index contributed by atoms with van der Waals surface area (Å²) in [6, 6.07) is 0.628. The first kappa shape index (κ1) is 16.5. The molecule has 1 aromatic heterocycles. The smallest absolute Gasteiger partial charge is 0.137 e. The van der Waals surface area contributed by atoms with Gasteiger partial charge in [-0.2, -0.15) is 0 Å². The molecule has 0 radical (unpaired) electrons. The lowest BCUT2D eigenvalue weighted by Gasteiger charge is -2.27. The van der Waals surface area contributed by atoms with Crippen molar-refractivity contribution in [3.63, 3.8) is 0 Å². The Balaban J connectivity index is 2.19. The molecule has 1 fully saturated rings. The van der Waals surface area contributed by atoms with Gasteiger partial charge in [-0.25, -0.2) is 9.97 Å². The van der Waals surface area contributed by atoms with E-state index >= 15 is 0 Å². The van der Waals surface area contributed by atoms with Crippen molar-refractivity contribution in [2.45, 2.75) is 53.0 Å². The van der Waals surface area contributed by atoms with Gasteiger partial charge in [0, 0.05) is 31.1 Å². The first-order chi connectivity index (χ1) is 10.1. The molecular weight excluding hydrogens is 284 g/mol. The van der Waals surface area contributed by atoms with E-state index in [1.54, 1.807) is 0 Å². The van der Waals surface area contributed by atoms with Gasteiger partial charge in [0.1, 0.15) is 16.8 Å². The molecule has 0 amide bonds. The molecule has 1 saturated heterocycles. The van der Waals surface area contributed by atoms with Gasteiger partial charge in [-0.3, -0.25) is 4.90 Å². The van der Waals surface area contributed by atoms with E-state index < -0.39 is 0 Å². The highest BCUT2D eigenvalue weighted by Gasteiger charge is 2.28. The molecule has 0 spiro atoms. The minimum Gasteiger partial charge on any atom is -0.355 e. The third kappa shape index (κ3) is 3.67. The third-order valence-corrected chi connectivity index (χ3v) is 4.74. The zero-order valence-corrected chi connectivity index (χ0v) is 14.4. The molecule has 1 aromatic rings. The van der Waals surface area contributed by atoms with Crippen LogP contribution >= 0.6 is 11.6 Å². The number of likely N-dealkylation sites (N-methyl/N-ethyl adjacent to an activating group) is 1. The summed E-state index contributed by atoms with van der Waals surface area (Å²) in [7, 11) is 0. The topological polar surface area (TPSA) is 32.3 Å². The lowest BCUT2D eigenvalue weighted by atomic mass is 10.2. The van der Waals surface area contributed by atoms with Gasteiger partial charge >= 0.3 is 0 Å².